The fourth-order valence-corrected chi connectivity index (χ4v) is 15.9. The number of methoxy groups -OCH3 is 1. The average molecular weight is 1310 g/mol. The molecule has 85 heavy (non-hydrogen) atoms. The first-order valence-corrected chi connectivity index (χ1v) is 35.9. The number of alkyl carbamates (subject to hydrolysis) is 4. The number of esters is 2. The van der Waals surface area contributed by atoms with Crippen molar-refractivity contribution in [2.45, 2.75) is 142 Å². The van der Waals surface area contributed by atoms with Crippen LogP contribution in [0.15, 0.2) is 0 Å². The summed E-state index contributed by atoms with van der Waals surface area (Å²) in [5, 5.41) is 49.8. The number of rotatable bonds is 49. The van der Waals surface area contributed by atoms with Gasteiger partial charge < -0.3 is 127 Å². The Labute approximate surface area is 521 Å². The Morgan fingerprint density at radius 1 is 0.447 bits per heavy atom. The van der Waals surface area contributed by atoms with Crippen molar-refractivity contribution in [3.8, 4) is 0 Å². The maximum absolute atomic E-state index is 12.3. The molecule has 0 aliphatic heterocycles. The summed E-state index contributed by atoms with van der Waals surface area (Å²) in [5.74, 6) is -0.651. The number of quaternary nitrogens is 2. The smallest absolute Gasteiger partial charge is 0.407 e. The van der Waals surface area contributed by atoms with Crippen LogP contribution in [0.25, 0.3) is 0 Å². The van der Waals surface area contributed by atoms with Gasteiger partial charge in [-0.1, -0.05) is 20.3 Å². The Kier molecular flexibility index (Phi) is 55.5. The molecule has 6 unspecified atom stereocenters. The van der Waals surface area contributed by atoms with Crippen LogP contribution in [0.4, 0.5) is 19.2 Å². The number of likely N-dealkylation sites (N-methyl/N-ethyl adjacent to an activating group) is 2. The lowest BCUT2D eigenvalue weighted by molar-refractivity contribution is -0.902. The van der Waals surface area contributed by atoms with Gasteiger partial charge in [-0.3, -0.25) is 0 Å². The lowest BCUT2D eigenvalue weighted by Crippen LogP contribution is -3.00. The molecular formula is C54H112Cl2N6O21Si2. The minimum atomic E-state index is -1.72. The molecule has 0 heterocycles. The van der Waals surface area contributed by atoms with Gasteiger partial charge in [0.1, 0.15) is 44.7 Å². The second-order valence-corrected chi connectivity index (χ2v) is 31.3. The number of ether oxygens (including phenoxy) is 10. The molecule has 0 radical (unpaired) electrons. The van der Waals surface area contributed by atoms with E-state index < -0.39 is 65.4 Å². The van der Waals surface area contributed by atoms with Gasteiger partial charge in [-0.05, 0) is 71.9 Å². The predicted octanol–water partition coefficient (Wildman–Crippen LogP) is -2.74. The van der Waals surface area contributed by atoms with E-state index >= 15 is 0 Å². The molecule has 506 valence electrons. The molecule has 0 spiro atoms. The number of nitrogens with zero attached hydrogens (tertiary/aromatic N) is 2. The zero-order chi connectivity index (χ0) is 63.0. The highest BCUT2D eigenvalue weighted by Crippen LogP contribution is 2.20. The van der Waals surface area contributed by atoms with Crippen LogP contribution in [-0.4, -0.2) is 279 Å². The molecule has 0 rings (SSSR count). The van der Waals surface area contributed by atoms with Gasteiger partial charge >= 0.3 is 36.3 Å². The number of aliphatic hydroxyl groups excluding tert-OH is 4. The number of hydrogen-bond acceptors (Lipinski definition) is 21. The lowest BCUT2D eigenvalue weighted by atomic mass is 10.2. The quantitative estimate of drug-likeness (QED) is 0.0101. The molecule has 0 aliphatic carbocycles. The fourth-order valence-electron chi connectivity index (χ4n) is 7.86. The van der Waals surface area contributed by atoms with Crippen molar-refractivity contribution >= 4 is 52.9 Å². The first-order valence-electron chi connectivity index (χ1n) is 29.4. The van der Waals surface area contributed by atoms with Gasteiger partial charge in [0.25, 0.3) is 0 Å². The number of carbonyl (C=O) groups is 6. The van der Waals surface area contributed by atoms with Crippen molar-refractivity contribution in [1.29, 1.82) is 0 Å². The van der Waals surface area contributed by atoms with E-state index in [1.807, 2.05) is 21.0 Å². The molecule has 0 saturated heterocycles. The van der Waals surface area contributed by atoms with Crippen LogP contribution < -0.4 is 46.1 Å². The Bertz CT molecular complexity index is 1730. The summed E-state index contributed by atoms with van der Waals surface area (Å²) in [6, 6.07) is 0.983. The topological polar surface area (TPSA) is 333 Å². The summed E-state index contributed by atoms with van der Waals surface area (Å²) in [7, 11) is 2.08. The van der Waals surface area contributed by atoms with Crippen LogP contribution in [0.2, 0.25) is 38.8 Å². The van der Waals surface area contributed by atoms with Crippen LogP contribution in [0.1, 0.15) is 79.1 Å². The number of nitrogens with one attached hydrogen (secondary N) is 4. The molecule has 6 atom stereocenters. The molecule has 0 aromatic carbocycles. The van der Waals surface area contributed by atoms with Gasteiger partial charge in [-0.25, -0.2) is 28.8 Å². The minimum absolute atomic E-state index is 0. The highest BCUT2D eigenvalue weighted by molar-refractivity contribution is 6.84. The van der Waals surface area contributed by atoms with E-state index in [-0.39, 0.29) is 109 Å². The van der Waals surface area contributed by atoms with Crippen LogP contribution in [0.5, 0.6) is 0 Å². The summed E-state index contributed by atoms with van der Waals surface area (Å²) in [4.78, 5) is 72.0. The lowest BCUT2D eigenvalue weighted by Gasteiger charge is -2.33. The van der Waals surface area contributed by atoms with E-state index in [9.17, 15) is 49.2 Å². The fraction of sp³-hybridized carbons (Fsp3) is 0.889. The zero-order valence-electron chi connectivity index (χ0n) is 53.3. The SMILES string of the molecule is CCCCOCC(O)COC(=O)NCCC[N+](C)(CCCNC(=O)OCC(O)COCCC[Si](C)(C)O[Si](C)(C)C)CC(=O)OCC.CCOC(=O)C[N+](C)(CCCNC(=O)OCC(O)CC)CCCNC(=O)OCC(O)COCCOC.[Cl-].[Cl-]. The van der Waals surface area contributed by atoms with Gasteiger partial charge in [0.05, 0.1) is 92.6 Å². The average Bonchev–Trinajstić information content (AvgIpc) is 3.41. The molecule has 4 amide bonds. The van der Waals surface area contributed by atoms with Crippen LogP contribution in [0.3, 0.4) is 0 Å². The van der Waals surface area contributed by atoms with Crippen LogP contribution in [-0.2, 0) is 61.1 Å². The number of hydrogen-bond donors (Lipinski definition) is 8. The van der Waals surface area contributed by atoms with Crippen molar-refractivity contribution in [3.63, 3.8) is 0 Å². The van der Waals surface area contributed by atoms with Gasteiger partial charge in [0.2, 0.25) is 0 Å². The summed E-state index contributed by atoms with van der Waals surface area (Å²) in [5.41, 5.74) is 0. The molecule has 27 nitrogen and oxygen atoms in total. The second-order valence-electron chi connectivity index (χ2n) is 22.2. The molecule has 0 aliphatic rings. The number of amides is 4. The minimum Gasteiger partial charge on any atom is -1.00 e. The van der Waals surface area contributed by atoms with Gasteiger partial charge in [0, 0.05) is 72.2 Å². The van der Waals surface area contributed by atoms with Crippen molar-refractivity contribution in [1.82, 2.24) is 21.3 Å². The van der Waals surface area contributed by atoms with Gasteiger partial charge in [-0.2, -0.15) is 0 Å². The second kappa shape index (κ2) is 53.6. The number of halogens is 2. The molecule has 0 bridgehead atoms. The molecule has 31 heteroatoms. The zero-order valence-corrected chi connectivity index (χ0v) is 56.8. The maximum Gasteiger partial charge on any atom is 0.407 e. The first-order chi connectivity index (χ1) is 39.2. The first kappa shape index (κ1) is 88.0. The van der Waals surface area contributed by atoms with Gasteiger partial charge in [0.15, 0.2) is 29.7 Å². The number of aliphatic hydroxyl groups is 4. The molecule has 0 aromatic rings. The Balaban J connectivity index is -0.000000780. The third-order valence-electron chi connectivity index (χ3n) is 12.0. The van der Waals surface area contributed by atoms with E-state index in [4.69, 9.17) is 51.5 Å². The van der Waals surface area contributed by atoms with E-state index in [1.165, 1.54) is 0 Å². The maximum atomic E-state index is 12.3. The normalized spacial score (nSPS) is 14.1. The van der Waals surface area contributed by atoms with Crippen molar-refractivity contribution < 1.29 is 134 Å². The molecule has 8 N–H and O–H groups in total. The third kappa shape index (κ3) is 56.8. The van der Waals surface area contributed by atoms with E-state index in [2.05, 4.69) is 54.0 Å². The largest absolute Gasteiger partial charge is 1.00 e. The summed E-state index contributed by atoms with van der Waals surface area (Å²) in [6.07, 6.45) is -0.417. The Hall–Kier alpha value is -3.41. The van der Waals surface area contributed by atoms with Crippen molar-refractivity contribution in [2.24, 2.45) is 0 Å². The predicted molar refractivity (Wildman–Crippen MR) is 316 cm³/mol. The monoisotopic (exact) mass is 1310 g/mol. The van der Waals surface area contributed by atoms with Crippen molar-refractivity contribution in [2.75, 3.05) is 173 Å². The molecule has 0 saturated carbocycles. The summed E-state index contributed by atoms with van der Waals surface area (Å²) >= 11 is 0. The number of unbranched alkanes of at least 4 members (excludes halogenated alkanes) is 1. The van der Waals surface area contributed by atoms with Crippen LogP contribution >= 0.6 is 0 Å². The molecule has 0 aromatic heterocycles. The highest BCUT2D eigenvalue weighted by atomic mass is 35.5. The van der Waals surface area contributed by atoms with E-state index in [1.54, 1.807) is 27.9 Å². The summed E-state index contributed by atoms with van der Waals surface area (Å²) < 4.78 is 58.2. The standard InChI is InChI=1S/C31H65N3O11Si2.C23H45N3O10.2ClH/c1-9-11-19-40-23-27(35)25-43-30(38)32-15-12-17-34(3,22-29(37)42-10-2)18-13-16-33-31(39)44-26-28(36)24-41-20-14-21-47(7,8)45-46(4,5)6;1-5-19(27)17-35-22(30)24-9-7-11-26(3,15-21(29)34-6-2)12-8-10-25-23(31)36-18-20(28)16-33-14-13-32-4;;/h27-28,35-36H,9-26H2,1-8H3,(H-,32,33,38,39);19-20,27-28H,5-18H2,1-4H3,(H-,24,25,30,31);2*1H. The molecular weight excluding hydrogens is 1200 g/mol. The van der Waals surface area contributed by atoms with Crippen LogP contribution in [0, 0.1) is 0 Å². The summed E-state index contributed by atoms with van der Waals surface area (Å²) in [6.45, 7) is 24.2. The Morgan fingerprint density at radius 2 is 0.776 bits per heavy atom. The van der Waals surface area contributed by atoms with Gasteiger partial charge in [-0.15, -0.1) is 0 Å². The van der Waals surface area contributed by atoms with E-state index in [0.717, 1.165) is 25.3 Å². The highest BCUT2D eigenvalue weighted by Gasteiger charge is 2.30. The van der Waals surface area contributed by atoms with E-state index in [0.29, 0.717) is 120 Å². The molecule has 0 fully saturated rings. The Morgan fingerprint density at radius 3 is 1.08 bits per heavy atom. The van der Waals surface area contributed by atoms with Crippen molar-refractivity contribution in [3.05, 3.63) is 0 Å². The number of carbonyl (C=O) groups excluding carboxylic acids is 6. The third-order valence-corrected chi connectivity index (χ3v) is 18.2.